The molecule has 17 heavy (non-hydrogen) atoms. The van der Waals surface area contributed by atoms with Gasteiger partial charge in [0, 0.05) is 28.5 Å². The molecule has 0 saturated carbocycles. The smallest absolute Gasteiger partial charge is 0.447 e. The zero-order valence-corrected chi connectivity index (χ0v) is 13.1. The van der Waals surface area contributed by atoms with Gasteiger partial charge in [0.2, 0.25) is 5.91 Å². The molecule has 1 heterocycles. The van der Waals surface area contributed by atoms with Crippen molar-refractivity contribution in [3.63, 3.8) is 0 Å². The molecule has 1 amide bonds. The van der Waals surface area contributed by atoms with Crippen molar-refractivity contribution in [3.05, 3.63) is 0 Å². The van der Waals surface area contributed by atoms with Crippen LogP contribution >= 0.6 is 0 Å². The third kappa shape index (κ3) is 5.20. The zero-order chi connectivity index (χ0) is 18.9. The minimum absolute atomic E-state index is 0. The summed E-state index contributed by atoms with van der Waals surface area (Å²) in [6.45, 7) is -14.1. The molecule has 3 nitrogen and oxygen atoms in total. The van der Waals surface area contributed by atoms with Crippen molar-refractivity contribution in [2.24, 2.45) is 5.41 Å². The van der Waals surface area contributed by atoms with E-state index in [0.29, 0.717) is 0 Å². The molecule has 0 N–H and O–H groups in total. The van der Waals surface area contributed by atoms with Gasteiger partial charge in [0.1, 0.15) is 0 Å². The molecule has 1 rings (SSSR count). The van der Waals surface area contributed by atoms with Gasteiger partial charge in [-0.25, -0.2) is 0 Å². The molecule has 0 aromatic heterocycles. The molecule has 1 unspecified atom stereocenters. The Morgan fingerprint density at radius 3 is 2.47 bits per heavy atom. The second kappa shape index (κ2) is 6.38. The fourth-order valence-corrected chi connectivity index (χ4v) is 0.861. The molecular weight excluding hydrogens is 261 g/mol. The van der Waals surface area contributed by atoms with E-state index in [4.69, 9.17) is 9.60 Å². The Kier molecular flexibility index (Phi) is 3.37. The molecule has 0 aromatic rings. The maximum Gasteiger partial charge on any atom is 1.00 e. The summed E-state index contributed by atoms with van der Waals surface area (Å²) in [5, 5.41) is 0. The van der Waals surface area contributed by atoms with Crippen LogP contribution in [0.5, 0.6) is 0 Å². The Balaban J connectivity index is 0.00000529. The summed E-state index contributed by atoms with van der Waals surface area (Å²) in [7, 11) is 0. The van der Waals surface area contributed by atoms with Gasteiger partial charge in [0.05, 0.1) is 12.0 Å². The zero-order valence-electron chi connectivity index (χ0n) is 17.0. The third-order valence-corrected chi connectivity index (χ3v) is 1.68. The summed E-state index contributed by atoms with van der Waals surface area (Å²) < 4.78 is 96.1. The first-order chi connectivity index (χ1) is 9.73. The second-order valence-electron chi connectivity index (χ2n) is 4.26. The molecular formula is C9H16BF3KNO2. The molecule has 1 aliphatic heterocycles. The molecule has 1 atom stereocenters. The summed E-state index contributed by atoms with van der Waals surface area (Å²) in [4.78, 5) is 11.8. The number of carbonyl (C=O) groups is 1. The van der Waals surface area contributed by atoms with Crippen LogP contribution in [0.3, 0.4) is 0 Å². The average Bonchev–Trinajstić information content (AvgIpc) is 2.22. The Bertz CT molecular complexity index is 528. The fourth-order valence-electron chi connectivity index (χ4n) is 0.861. The van der Waals surface area contributed by atoms with Crippen LogP contribution in [0.4, 0.5) is 12.9 Å². The van der Waals surface area contributed by atoms with Gasteiger partial charge in [-0.2, -0.15) is 0 Å². The van der Waals surface area contributed by atoms with Crippen LogP contribution in [0.2, 0.25) is 0 Å². The van der Waals surface area contributed by atoms with Crippen LogP contribution in [-0.2, 0) is 9.53 Å². The molecule has 0 radical (unpaired) electrons. The van der Waals surface area contributed by atoms with E-state index in [-0.39, 0.29) is 51.4 Å². The Morgan fingerprint density at radius 1 is 1.53 bits per heavy atom. The molecule has 1 aliphatic rings. The number of hydrogen-bond acceptors (Lipinski definition) is 2. The van der Waals surface area contributed by atoms with Crippen molar-refractivity contribution >= 4 is 12.9 Å². The Labute approximate surface area is 152 Å². The summed E-state index contributed by atoms with van der Waals surface area (Å²) in [6.07, 6.45) is 0. The number of carbonyl (C=O) groups excluding carboxylic acids is 1. The first-order valence-electron chi connectivity index (χ1n) is 7.98. The molecule has 8 heteroatoms. The van der Waals surface area contributed by atoms with Crippen molar-refractivity contribution in [1.82, 2.24) is 4.90 Å². The van der Waals surface area contributed by atoms with E-state index in [0.717, 1.165) is 0 Å². The maximum absolute atomic E-state index is 13.2. The molecule has 0 spiro atoms. The van der Waals surface area contributed by atoms with Crippen molar-refractivity contribution in [2.75, 3.05) is 19.6 Å². The average molecular weight is 284 g/mol. The van der Waals surface area contributed by atoms with E-state index in [2.05, 4.69) is 4.74 Å². The monoisotopic (exact) mass is 284 g/mol. The first kappa shape index (κ1) is 8.97. The van der Waals surface area contributed by atoms with E-state index in [9.17, 15) is 17.7 Å². The summed E-state index contributed by atoms with van der Waals surface area (Å²) in [6, 6.07) is 0. The number of halogens is 3. The molecule has 0 aliphatic carbocycles. The fraction of sp³-hybridized carbons (Fsp3) is 0.889. The third-order valence-electron chi connectivity index (χ3n) is 1.68. The van der Waals surface area contributed by atoms with E-state index in [1.165, 1.54) is 20.8 Å². The van der Waals surface area contributed by atoms with Crippen LogP contribution in [0, 0.1) is 5.41 Å². The minimum Gasteiger partial charge on any atom is -0.447 e. The molecule has 94 valence electrons. The number of amides is 1. The Morgan fingerprint density at radius 2 is 2.06 bits per heavy atom. The predicted molar refractivity (Wildman–Crippen MR) is 54.9 cm³/mol. The number of rotatable bonds is 1. The van der Waals surface area contributed by atoms with E-state index in [1.54, 1.807) is 0 Å². The van der Waals surface area contributed by atoms with Gasteiger partial charge in [-0.1, -0.05) is 20.8 Å². The topological polar surface area (TPSA) is 29.5 Å². The van der Waals surface area contributed by atoms with Gasteiger partial charge >= 0.3 is 58.4 Å². The minimum atomic E-state index is -6.45. The Hall–Kier alpha value is 0.921. The SMILES string of the molecule is [2H]C1([2H])OC([2H])([B-](F)(F)F)C([2H])([2H])N(C(=O)C(C)(C)C)C1([2H])[2H].[K+]. The van der Waals surface area contributed by atoms with Gasteiger partial charge in [-0.05, 0) is 0 Å². The summed E-state index contributed by atoms with van der Waals surface area (Å²) in [5.74, 6) is -5.86. The van der Waals surface area contributed by atoms with Crippen LogP contribution in [0.15, 0.2) is 0 Å². The normalized spacial score (nSPS) is 41.3. The standard InChI is InChI=1S/C9H16BF3NO2.K/c1-9(2,3)8(15)14-4-5-16-7(6-14)10(11,12)13;/h7H,4-6H2,1-3H3;/q-1;+1/i4D2,5D2,6D2,7D;. The van der Waals surface area contributed by atoms with Crippen LogP contribution < -0.4 is 51.4 Å². The van der Waals surface area contributed by atoms with Gasteiger partial charge in [0.25, 0.3) is 0 Å². The number of ether oxygens (including phenoxy) is 1. The van der Waals surface area contributed by atoms with Crippen molar-refractivity contribution in [3.8, 4) is 0 Å². The number of nitrogens with zero attached hydrogens (tertiary/aromatic N) is 1. The molecule has 1 fully saturated rings. The predicted octanol–water partition coefficient (Wildman–Crippen LogP) is -1.35. The summed E-state index contributed by atoms with van der Waals surface area (Å²) in [5.41, 5.74) is -1.52. The molecule has 0 aromatic carbocycles. The van der Waals surface area contributed by atoms with Crippen LogP contribution in [-0.4, -0.2) is 43.3 Å². The van der Waals surface area contributed by atoms with Gasteiger partial charge < -0.3 is 22.6 Å². The number of hydrogen-bond donors (Lipinski definition) is 0. The van der Waals surface area contributed by atoms with E-state index < -0.39 is 48.7 Å². The van der Waals surface area contributed by atoms with Crippen molar-refractivity contribution in [2.45, 2.75) is 26.8 Å². The quantitative estimate of drug-likeness (QED) is 0.557. The number of morpholine rings is 1. The largest absolute Gasteiger partial charge is 1.00 e. The second-order valence-corrected chi connectivity index (χ2v) is 4.26. The van der Waals surface area contributed by atoms with Crippen LogP contribution in [0.25, 0.3) is 0 Å². The molecule has 1 saturated heterocycles. The van der Waals surface area contributed by atoms with Crippen molar-refractivity contribution in [1.29, 1.82) is 0 Å². The van der Waals surface area contributed by atoms with E-state index in [1.807, 2.05) is 0 Å². The van der Waals surface area contributed by atoms with E-state index >= 15 is 0 Å². The molecule has 0 bridgehead atoms. The summed E-state index contributed by atoms with van der Waals surface area (Å²) >= 11 is 0. The van der Waals surface area contributed by atoms with Gasteiger partial charge in [-0.15, -0.1) is 0 Å². The maximum atomic E-state index is 13.2. The van der Waals surface area contributed by atoms with Crippen LogP contribution in [0.1, 0.15) is 30.4 Å². The van der Waals surface area contributed by atoms with Gasteiger partial charge in [0.15, 0.2) is 0 Å². The van der Waals surface area contributed by atoms with Crippen molar-refractivity contribution < 1.29 is 83.5 Å². The first-order valence-corrected chi connectivity index (χ1v) is 4.48. The van der Waals surface area contributed by atoms with Gasteiger partial charge in [-0.3, -0.25) is 4.79 Å².